The number of carbonyl (C=O) groups is 1. The number of aliphatic hydroxyl groups is 1. The summed E-state index contributed by atoms with van der Waals surface area (Å²) in [6, 6.07) is 9.63. The van der Waals surface area contributed by atoms with Crippen LogP contribution in [0.2, 0.25) is 0 Å². The number of phenolic OH excluding ortho intramolecular Hbond substituents is 2. The first-order chi connectivity index (χ1) is 13.3. The fourth-order valence-electron chi connectivity index (χ4n) is 3.60. The standard InChI is InChI=1S/C21H16O7/c22-11-3-1-10(2-4-11)14-9-17(26)21-15(5-12(23)6-16(21)25)20(14)18-7-13(24)8-19(27)28-18/h1-4,7-9,12,22-24,26H,5-6H2. The van der Waals surface area contributed by atoms with Gasteiger partial charge in [-0.05, 0) is 34.9 Å². The Balaban J connectivity index is 2.10. The van der Waals surface area contributed by atoms with Crippen LogP contribution in [0, 0.1) is 0 Å². The van der Waals surface area contributed by atoms with Crippen molar-refractivity contribution in [1.29, 1.82) is 0 Å². The number of fused-ring (bicyclic) bond motifs is 1. The third-order valence-corrected chi connectivity index (χ3v) is 4.73. The minimum absolute atomic E-state index is 0.00576. The predicted octanol–water partition coefficient (Wildman–Crippen LogP) is 2.58. The van der Waals surface area contributed by atoms with E-state index in [1.807, 2.05) is 0 Å². The Bertz CT molecular complexity index is 1140. The molecule has 1 aliphatic rings. The highest BCUT2D eigenvalue weighted by atomic mass is 16.4. The fourth-order valence-corrected chi connectivity index (χ4v) is 3.60. The molecule has 1 unspecified atom stereocenters. The van der Waals surface area contributed by atoms with Crippen LogP contribution in [0.25, 0.3) is 22.5 Å². The Morgan fingerprint density at radius 3 is 2.25 bits per heavy atom. The molecule has 1 heterocycles. The number of ketones is 1. The average Bonchev–Trinajstić information content (AvgIpc) is 2.60. The van der Waals surface area contributed by atoms with E-state index in [9.17, 15) is 30.0 Å². The van der Waals surface area contributed by atoms with E-state index in [4.69, 9.17) is 4.42 Å². The highest BCUT2D eigenvalue weighted by molar-refractivity contribution is 6.05. The number of hydrogen-bond acceptors (Lipinski definition) is 7. The van der Waals surface area contributed by atoms with Gasteiger partial charge in [0, 0.05) is 24.5 Å². The van der Waals surface area contributed by atoms with E-state index in [1.54, 1.807) is 12.1 Å². The van der Waals surface area contributed by atoms with E-state index in [0.29, 0.717) is 22.3 Å². The highest BCUT2D eigenvalue weighted by Gasteiger charge is 2.32. The Morgan fingerprint density at radius 2 is 1.57 bits per heavy atom. The van der Waals surface area contributed by atoms with Crippen molar-refractivity contribution < 1.29 is 29.6 Å². The highest BCUT2D eigenvalue weighted by Crippen LogP contribution is 2.44. The molecule has 0 bridgehead atoms. The van der Waals surface area contributed by atoms with Crippen molar-refractivity contribution in [3.63, 3.8) is 0 Å². The summed E-state index contributed by atoms with van der Waals surface area (Å²) in [4.78, 5) is 24.2. The summed E-state index contributed by atoms with van der Waals surface area (Å²) < 4.78 is 5.27. The molecule has 7 nitrogen and oxygen atoms in total. The molecular formula is C21H16O7. The Hall–Kier alpha value is -3.58. The van der Waals surface area contributed by atoms with Gasteiger partial charge in [0.15, 0.2) is 5.78 Å². The zero-order valence-electron chi connectivity index (χ0n) is 14.5. The molecule has 0 spiro atoms. The molecule has 2 aromatic carbocycles. The van der Waals surface area contributed by atoms with E-state index < -0.39 is 17.5 Å². The molecule has 0 fully saturated rings. The number of benzene rings is 2. The van der Waals surface area contributed by atoms with Crippen LogP contribution < -0.4 is 5.63 Å². The molecule has 28 heavy (non-hydrogen) atoms. The molecule has 0 amide bonds. The topological polar surface area (TPSA) is 128 Å². The molecule has 142 valence electrons. The van der Waals surface area contributed by atoms with Crippen LogP contribution >= 0.6 is 0 Å². The van der Waals surface area contributed by atoms with E-state index in [2.05, 4.69) is 0 Å². The van der Waals surface area contributed by atoms with Crippen LogP contribution in [0.3, 0.4) is 0 Å². The number of rotatable bonds is 2. The van der Waals surface area contributed by atoms with Gasteiger partial charge >= 0.3 is 5.63 Å². The molecule has 0 saturated heterocycles. The van der Waals surface area contributed by atoms with Crippen molar-refractivity contribution in [3.05, 3.63) is 64.0 Å². The molecule has 0 saturated carbocycles. The molecule has 3 aromatic rings. The van der Waals surface area contributed by atoms with Crippen molar-refractivity contribution in [1.82, 2.24) is 0 Å². The number of hydrogen-bond donors (Lipinski definition) is 4. The molecule has 0 radical (unpaired) electrons. The van der Waals surface area contributed by atoms with Gasteiger partial charge in [-0.25, -0.2) is 4.79 Å². The van der Waals surface area contributed by atoms with Crippen molar-refractivity contribution in [3.8, 4) is 39.7 Å². The van der Waals surface area contributed by atoms with Crippen LogP contribution in [0.15, 0.2) is 51.7 Å². The summed E-state index contributed by atoms with van der Waals surface area (Å²) in [5.74, 6) is -0.936. The lowest BCUT2D eigenvalue weighted by atomic mass is 9.81. The van der Waals surface area contributed by atoms with E-state index in [1.165, 1.54) is 24.3 Å². The van der Waals surface area contributed by atoms with Crippen LogP contribution in [0.4, 0.5) is 0 Å². The lowest BCUT2D eigenvalue weighted by Crippen LogP contribution is -2.25. The van der Waals surface area contributed by atoms with Crippen LogP contribution in [-0.4, -0.2) is 32.3 Å². The monoisotopic (exact) mass is 380 g/mol. The number of Topliss-reactive ketones (excluding diaryl/α,β-unsaturated/α-hetero) is 1. The van der Waals surface area contributed by atoms with Crippen molar-refractivity contribution in [2.24, 2.45) is 0 Å². The minimum Gasteiger partial charge on any atom is -0.508 e. The first-order valence-electron chi connectivity index (χ1n) is 8.57. The largest absolute Gasteiger partial charge is 0.508 e. The van der Waals surface area contributed by atoms with Gasteiger partial charge in [-0.15, -0.1) is 0 Å². The second-order valence-corrected chi connectivity index (χ2v) is 6.70. The lowest BCUT2D eigenvalue weighted by molar-refractivity contribution is 0.0850. The molecular weight excluding hydrogens is 364 g/mol. The summed E-state index contributed by atoms with van der Waals surface area (Å²) in [7, 11) is 0. The summed E-state index contributed by atoms with van der Waals surface area (Å²) in [6.07, 6.45) is -1.00. The normalized spacial score (nSPS) is 16.0. The Kier molecular flexibility index (Phi) is 4.16. The van der Waals surface area contributed by atoms with E-state index in [-0.39, 0.29) is 41.4 Å². The molecule has 1 atom stereocenters. The van der Waals surface area contributed by atoms with Gasteiger partial charge in [0.05, 0.1) is 17.7 Å². The number of aliphatic hydroxyl groups excluding tert-OH is 1. The van der Waals surface area contributed by atoms with E-state index >= 15 is 0 Å². The smallest absolute Gasteiger partial charge is 0.339 e. The van der Waals surface area contributed by atoms with Gasteiger partial charge in [-0.3, -0.25) is 4.79 Å². The summed E-state index contributed by atoms with van der Waals surface area (Å²) in [5, 5.41) is 40.0. The third-order valence-electron chi connectivity index (χ3n) is 4.73. The van der Waals surface area contributed by atoms with Gasteiger partial charge in [0.2, 0.25) is 0 Å². The number of carbonyl (C=O) groups excluding carboxylic acids is 1. The first kappa shape index (κ1) is 17.8. The van der Waals surface area contributed by atoms with Crippen molar-refractivity contribution >= 4 is 5.78 Å². The summed E-state index contributed by atoms with van der Waals surface area (Å²) in [5.41, 5.74) is 0.931. The maximum absolute atomic E-state index is 12.4. The average molecular weight is 380 g/mol. The molecule has 4 N–H and O–H groups in total. The molecule has 4 rings (SSSR count). The number of phenols is 2. The molecule has 1 aliphatic carbocycles. The maximum Gasteiger partial charge on any atom is 0.339 e. The zero-order chi connectivity index (χ0) is 20.0. The summed E-state index contributed by atoms with van der Waals surface area (Å²) in [6.45, 7) is 0. The minimum atomic E-state index is -0.947. The first-order valence-corrected chi connectivity index (χ1v) is 8.57. The lowest BCUT2D eigenvalue weighted by Gasteiger charge is -2.25. The fraction of sp³-hybridized carbons (Fsp3) is 0.143. The van der Waals surface area contributed by atoms with Gasteiger partial charge in [-0.1, -0.05) is 12.1 Å². The van der Waals surface area contributed by atoms with E-state index in [0.717, 1.165) is 6.07 Å². The molecule has 7 heteroatoms. The van der Waals surface area contributed by atoms with Gasteiger partial charge < -0.3 is 24.8 Å². The van der Waals surface area contributed by atoms with Crippen LogP contribution in [0.5, 0.6) is 17.2 Å². The number of aromatic hydroxyl groups is 3. The van der Waals surface area contributed by atoms with Crippen LogP contribution in [0.1, 0.15) is 22.3 Å². The van der Waals surface area contributed by atoms with Gasteiger partial charge in [-0.2, -0.15) is 0 Å². The second-order valence-electron chi connectivity index (χ2n) is 6.70. The second kappa shape index (κ2) is 6.54. The zero-order valence-corrected chi connectivity index (χ0v) is 14.5. The van der Waals surface area contributed by atoms with Crippen molar-refractivity contribution in [2.75, 3.05) is 0 Å². The molecule has 1 aromatic heterocycles. The van der Waals surface area contributed by atoms with Gasteiger partial charge in [0.1, 0.15) is 23.0 Å². The molecule has 0 aliphatic heterocycles. The predicted molar refractivity (Wildman–Crippen MR) is 99.5 cm³/mol. The summed E-state index contributed by atoms with van der Waals surface area (Å²) >= 11 is 0. The SMILES string of the molecule is O=C1CC(O)Cc2c1c(O)cc(-c1ccc(O)cc1)c2-c1cc(O)cc(=O)o1. The Morgan fingerprint density at radius 1 is 0.857 bits per heavy atom. The van der Waals surface area contributed by atoms with Crippen molar-refractivity contribution in [2.45, 2.75) is 18.9 Å². The third kappa shape index (κ3) is 3.01. The van der Waals surface area contributed by atoms with Gasteiger partial charge in [0.25, 0.3) is 0 Å². The quantitative estimate of drug-likeness (QED) is 0.538. The maximum atomic E-state index is 12.4. The van der Waals surface area contributed by atoms with Crippen LogP contribution in [-0.2, 0) is 6.42 Å². The Labute approximate surface area is 158 Å².